The van der Waals surface area contributed by atoms with Gasteiger partial charge in [0.1, 0.15) is 23.5 Å². The van der Waals surface area contributed by atoms with Crippen molar-refractivity contribution in [1.29, 1.82) is 0 Å². The van der Waals surface area contributed by atoms with Crippen molar-refractivity contribution >= 4 is 6.29 Å². The van der Waals surface area contributed by atoms with Gasteiger partial charge in [-0.05, 0) is 54.7 Å². The summed E-state index contributed by atoms with van der Waals surface area (Å²) in [5.41, 5.74) is 1.70. The van der Waals surface area contributed by atoms with Gasteiger partial charge in [0, 0.05) is 31.7 Å². The van der Waals surface area contributed by atoms with Gasteiger partial charge in [-0.1, -0.05) is 12.1 Å². The number of rotatable bonds is 10. The lowest BCUT2D eigenvalue weighted by Gasteiger charge is -2.40. The third-order valence-corrected chi connectivity index (χ3v) is 5.58. The van der Waals surface area contributed by atoms with E-state index in [-0.39, 0.29) is 24.4 Å². The van der Waals surface area contributed by atoms with Crippen LogP contribution in [0, 0.1) is 0 Å². The van der Waals surface area contributed by atoms with Crippen LogP contribution in [0.2, 0.25) is 0 Å². The first kappa shape index (κ1) is 24.9. The molecule has 0 spiro atoms. The van der Waals surface area contributed by atoms with E-state index in [1.54, 1.807) is 25.3 Å². The molecular weight excluding hydrogens is 439 g/mol. The Labute approximate surface area is 190 Å². The number of piperidine rings is 1. The van der Waals surface area contributed by atoms with Gasteiger partial charge in [-0.15, -0.1) is 13.2 Å². The van der Waals surface area contributed by atoms with Crippen molar-refractivity contribution in [1.82, 2.24) is 4.90 Å². The van der Waals surface area contributed by atoms with Crippen LogP contribution in [0.4, 0.5) is 13.2 Å². The number of methoxy groups -OCH3 is 1. The van der Waals surface area contributed by atoms with Crippen molar-refractivity contribution in [2.75, 3.05) is 20.3 Å². The number of hydrogen-bond acceptors (Lipinski definition) is 6. The SMILES string of the molecule is COc1cc(OCCCO)cc(C2CCCC(C=O)N2Cc2ccc(OC(F)(F)F)cc2)c1. The number of ether oxygens (including phenoxy) is 3. The Morgan fingerprint density at radius 2 is 1.82 bits per heavy atom. The molecule has 1 N–H and O–H groups in total. The highest BCUT2D eigenvalue weighted by molar-refractivity contribution is 5.58. The maximum atomic E-state index is 12.4. The van der Waals surface area contributed by atoms with Crippen LogP contribution in [0.5, 0.6) is 17.2 Å². The van der Waals surface area contributed by atoms with Crippen molar-refractivity contribution in [2.45, 2.75) is 50.7 Å². The third kappa shape index (κ3) is 7.10. The zero-order chi connectivity index (χ0) is 23.8. The Kier molecular flexibility index (Phi) is 8.57. The van der Waals surface area contributed by atoms with Crippen LogP contribution in [-0.2, 0) is 11.3 Å². The van der Waals surface area contributed by atoms with Crippen molar-refractivity contribution < 1.29 is 37.3 Å². The number of likely N-dealkylation sites (tertiary alicyclic amines) is 1. The van der Waals surface area contributed by atoms with Gasteiger partial charge in [-0.25, -0.2) is 0 Å². The fourth-order valence-corrected chi connectivity index (χ4v) is 4.06. The van der Waals surface area contributed by atoms with E-state index in [1.807, 2.05) is 12.1 Å². The molecule has 2 aromatic carbocycles. The number of hydrogen-bond donors (Lipinski definition) is 1. The summed E-state index contributed by atoms with van der Waals surface area (Å²) in [7, 11) is 1.56. The molecule has 6 nitrogen and oxygen atoms in total. The Hall–Kier alpha value is -2.78. The van der Waals surface area contributed by atoms with Crippen LogP contribution >= 0.6 is 0 Å². The molecule has 0 bridgehead atoms. The van der Waals surface area contributed by atoms with E-state index in [0.717, 1.165) is 30.3 Å². The molecule has 1 heterocycles. The fourth-order valence-electron chi connectivity index (χ4n) is 4.06. The molecule has 2 atom stereocenters. The highest BCUT2D eigenvalue weighted by Crippen LogP contribution is 2.38. The monoisotopic (exact) mass is 467 g/mol. The fraction of sp³-hybridized carbons (Fsp3) is 0.458. The number of aliphatic hydroxyl groups excluding tert-OH is 1. The quantitative estimate of drug-likeness (QED) is 0.405. The smallest absolute Gasteiger partial charge is 0.497 e. The maximum absolute atomic E-state index is 12.4. The van der Waals surface area contributed by atoms with Crippen LogP contribution < -0.4 is 14.2 Å². The van der Waals surface area contributed by atoms with E-state index >= 15 is 0 Å². The Bertz CT molecular complexity index is 904. The van der Waals surface area contributed by atoms with Crippen molar-refractivity contribution in [3.05, 3.63) is 53.6 Å². The molecule has 0 aliphatic carbocycles. The van der Waals surface area contributed by atoms with E-state index in [1.165, 1.54) is 12.1 Å². The van der Waals surface area contributed by atoms with Crippen LogP contribution in [0.1, 0.15) is 42.9 Å². The molecule has 0 aromatic heterocycles. The minimum Gasteiger partial charge on any atom is -0.497 e. The van der Waals surface area contributed by atoms with Gasteiger partial charge in [0.2, 0.25) is 0 Å². The highest BCUT2D eigenvalue weighted by atomic mass is 19.4. The first-order valence-corrected chi connectivity index (χ1v) is 10.8. The van der Waals surface area contributed by atoms with Crippen LogP contribution in [0.15, 0.2) is 42.5 Å². The van der Waals surface area contributed by atoms with E-state index in [9.17, 15) is 18.0 Å². The van der Waals surface area contributed by atoms with E-state index in [4.69, 9.17) is 14.6 Å². The van der Waals surface area contributed by atoms with E-state index in [0.29, 0.717) is 37.5 Å². The van der Waals surface area contributed by atoms with Gasteiger partial charge in [0.05, 0.1) is 19.8 Å². The Balaban J connectivity index is 1.84. The first-order chi connectivity index (χ1) is 15.8. The molecule has 2 aromatic rings. The summed E-state index contributed by atoms with van der Waals surface area (Å²) >= 11 is 0. The average molecular weight is 467 g/mol. The summed E-state index contributed by atoms with van der Waals surface area (Å²) < 4.78 is 52.4. The lowest BCUT2D eigenvalue weighted by Crippen LogP contribution is -2.42. The van der Waals surface area contributed by atoms with Gasteiger partial charge in [0.15, 0.2) is 0 Å². The van der Waals surface area contributed by atoms with Gasteiger partial charge >= 0.3 is 6.36 Å². The van der Waals surface area contributed by atoms with Gasteiger partial charge in [0.25, 0.3) is 0 Å². The zero-order valence-electron chi connectivity index (χ0n) is 18.4. The molecule has 1 aliphatic heterocycles. The molecule has 0 radical (unpaired) electrons. The van der Waals surface area contributed by atoms with E-state index in [2.05, 4.69) is 9.64 Å². The molecule has 9 heteroatoms. The van der Waals surface area contributed by atoms with Gasteiger partial charge < -0.3 is 24.1 Å². The number of aldehydes is 1. The zero-order valence-corrected chi connectivity index (χ0v) is 18.4. The second-order valence-electron chi connectivity index (χ2n) is 7.88. The number of carbonyl (C=O) groups excluding carboxylic acids is 1. The number of nitrogens with zero attached hydrogens (tertiary/aromatic N) is 1. The topological polar surface area (TPSA) is 68.2 Å². The summed E-state index contributed by atoms with van der Waals surface area (Å²) in [5, 5.41) is 9.00. The average Bonchev–Trinajstić information content (AvgIpc) is 2.79. The van der Waals surface area contributed by atoms with Crippen molar-refractivity contribution in [2.24, 2.45) is 0 Å². The summed E-state index contributed by atoms with van der Waals surface area (Å²) in [5.74, 6) is 0.943. The van der Waals surface area contributed by atoms with Crippen LogP contribution in [0.3, 0.4) is 0 Å². The lowest BCUT2D eigenvalue weighted by atomic mass is 9.90. The molecule has 1 saturated heterocycles. The largest absolute Gasteiger partial charge is 0.573 e. The number of alkyl halides is 3. The van der Waals surface area contributed by atoms with Crippen molar-refractivity contribution in [3.63, 3.8) is 0 Å². The minimum absolute atomic E-state index is 0.0288. The number of halogens is 3. The van der Waals surface area contributed by atoms with Crippen LogP contribution in [0.25, 0.3) is 0 Å². The molecule has 0 saturated carbocycles. The van der Waals surface area contributed by atoms with Crippen LogP contribution in [-0.4, -0.2) is 49.0 Å². The highest BCUT2D eigenvalue weighted by Gasteiger charge is 2.33. The molecule has 3 rings (SSSR count). The number of carbonyl (C=O) groups is 1. The predicted octanol–water partition coefficient (Wildman–Crippen LogP) is 4.65. The molecule has 33 heavy (non-hydrogen) atoms. The molecule has 1 fully saturated rings. The van der Waals surface area contributed by atoms with Gasteiger partial charge in [-0.2, -0.15) is 0 Å². The Morgan fingerprint density at radius 1 is 1.09 bits per heavy atom. The summed E-state index contributed by atoms with van der Waals surface area (Å²) in [6.45, 7) is 0.778. The molecule has 2 unspecified atom stereocenters. The molecule has 180 valence electrons. The summed E-state index contributed by atoms with van der Waals surface area (Å²) in [4.78, 5) is 13.9. The Morgan fingerprint density at radius 3 is 2.45 bits per heavy atom. The number of benzene rings is 2. The minimum atomic E-state index is -4.74. The summed E-state index contributed by atoms with van der Waals surface area (Å²) in [6, 6.07) is 10.9. The molecule has 1 aliphatic rings. The molecule has 0 amide bonds. The van der Waals surface area contributed by atoms with E-state index < -0.39 is 6.36 Å². The second kappa shape index (κ2) is 11.4. The summed E-state index contributed by atoms with van der Waals surface area (Å²) in [6.07, 6.45) is -0.941. The standard InChI is InChI=1S/C24H28F3NO5/c1-31-21-12-18(13-22(14-21)32-11-3-10-29)23-5-2-4-19(16-30)28(23)15-17-6-8-20(9-7-17)33-24(25,26)27/h6-9,12-14,16,19,23,29H,2-5,10-11,15H2,1H3. The lowest BCUT2D eigenvalue weighted by molar-refractivity contribution is -0.274. The second-order valence-corrected chi connectivity index (χ2v) is 7.88. The third-order valence-electron chi connectivity index (χ3n) is 5.58. The van der Waals surface area contributed by atoms with Crippen molar-refractivity contribution in [3.8, 4) is 17.2 Å². The predicted molar refractivity (Wildman–Crippen MR) is 115 cm³/mol. The first-order valence-electron chi connectivity index (χ1n) is 10.8. The molecular formula is C24H28F3NO5. The normalized spacial score (nSPS) is 19.2. The number of aliphatic hydroxyl groups is 1. The van der Waals surface area contributed by atoms with Gasteiger partial charge in [-0.3, -0.25) is 4.90 Å². The maximum Gasteiger partial charge on any atom is 0.573 e.